The van der Waals surface area contributed by atoms with Crippen molar-refractivity contribution in [3.8, 4) is 0 Å². The summed E-state index contributed by atoms with van der Waals surface area (Å²) in [4.78, 5) is 11.4. The molecule has 1 heterocycles. The highest BCUT2D eigenvalue weighted by Gasteiger charge is 2.18. The summed E-state index contributed by atoms with van der Waals surface area (Å²) in [6, 6.07) is 1.68. The summed E-state index contributed by atoms with van der Waals surface area (Å²) >= 11 is 0. The molecule has 0 saturated heterocycles. The van der Waals surface area contributed by atoms with Crippen molar-refractivity contribution >= 4 is 13.9 Å². The first-order valence-corrected chi connectivity index (χ1v) is 4.40. The Kier molecular flexibility index (Phi) is 2.98. The molecule has 0 atom stereocenters. The van der Waals surface area contributed by atoms with Crippen LogP contribution in [-0.2, 0) is 11.1 Å². The van der Waals surface area contributed by atoms with Crippen molar-refractivity contribution in [2.45, 2.75) is 32.7 Å². The molecule has 0 aromatic carbocycles. The van der Waals surface area contributed by atoms with Crippen molar-refractivity contribution in [1.29, 1.82) is 0 Å². The van der Waals surface area contributed by atoms with E-state index in [-0.39, 0.29) is 0 Å². The summed E-state index contributed by atoms with van der Waals surface area (Å²) in [7, 11) is 5.36. The van der Waals surface area contributed by atoms with Gasteiger partial charge in [-0.3, -0.25) is 0 Å². The van der Waals surface area contributed by atoms with Gasteiger partial charge in [0.05, 0.1) is 13.5 Å². The molecule has 5 heteroatoms. The third kappa shape index (κ3) is 2.90. The zero-order valence-electron chi connectivity index (χ0n) is 8.65. The predicted octanol–water partition coefficient (Wildman–Crippen LogP) is 1.33. The molecule has 0 aliphatic carbocycles. The van der Waals surface area contributed by atoms with Crippen LogP contribution in [0.15, 0.2) is 12.3 Å². The largest absolute Gasteiger partial charge is 0.442 e. The van der Waals surface area contributed by atoms with Gasteiger partial charge in [-0.15, -0.1) is 0 Å². The van der Waals surface area contributed by atoms with Crippen LogP contribution >= 0.6 is 0 Å². The Balaban J connectivity index is 2.70. The highest BCUT2D eigenvalue weighted by Crippen LogP contribution is 2.08. The maximum Gasteiger partial charge on any atom is 0.435 e. The number of nitrogens with zero attached hydrogens (tertiary/aromatic N) is 2. The summed E-state index contributed by atoms with van der Waals surface area (Å²) in [5.41, 5.74) is 0.155. The molecule has 0 bridgehead atoms. The lowest BCUT2D eigenvalue weighted by atomic mass is 10.0. The topological polar surface area (TPSA) is 44.1 Å². The third-order valence-electron chi connectivity index (χ3n) is 1.43. The Labute approximate surface area is 84.7 Å². The van der Waals surface area contributed by atoms with E-state index in [0.717, 1.165) is 4.68 Å². The average molecular weight is 192 g/mol. The van der Waals surface area contributed by atoms with Gasteiger partial charge in [-0.25, -0.2) is 4.79 Å². The van der Waals surface area contributed by atoms with E-state index in [1.54, 1.807) is 26.8 Å². The van der Waals surface area contributed by atoms with Crippen LogP contribution in [-0.4, -0.2) is 29.3 Å². The maximum atomic E-state index is 11.4. The second-order valence-electron chi connectivity index (χ2n) is 3.94. The van der Waals surface area contributed by atoms with E-state index in [0.29, 0.717) is 12.0 Å². The Morgan fingerprint density at radius 2 is 2.29 bits per heavy atom. The summed E-state index contributed by atoms with van der Waals surface area (Å²) in [6.07, 6.45) is 1.36. The third-order valence-corrected chi connectivity index (χ3v) is 1.43. The molecule has 0 aliphatic heterocycles. The summed E-state index contributed by atoms with van der Waals surface area (Å²) in [5.74, 6) is 0. The van der Waals surface area contributed by atoms with Gasteiger partial charge in [-0.05, 0) is 33.2 Å². The molecule has 1 aromatic rings. The molecule has 74 valence electrons. The van der Waals surface area contributed by atoms with E-state index >= 15 is 0 Å². The van der Waals surface area contributed by atoms with Crippen LogP contribution in [0, 0.1) is 0 Å². The monoisotopic (exact) mass is 192 g/mol. The van der Waals surface area contributed by atoms with Gasteiger partial charge in [0.25, 0.3) is 0 Å². The van der Waals surface area contributed by atoms with Gasteiger partial charge in [0.15, 0.2) is 0 Å². The predicted molar refractivity (Wildman–Crippen MR) is 53.3 cm³/mol. The van der Waals surface area contributed by atoms with Crippen molar-refractivity contribution < 1.29 is 9.53 Å². The molecule has 0 unspecified atom stereocenters. The van der Waals surface area contributed by atoms with Gasteiger partial charge in [0, 0.05) is 6.20 Å². The zero-order valence-corrected chi connectivity index (χ0v) is 8.65. The molecule has 0 aliphatic rings. The van der Waals surface area contributed by atoms with Crippen molar-refractivity contribution in [3.63, 3.8) is 0 Å². The molecule has 1 aromatic heterocycles. The number of carbonyl (C=O) groups excluding carboxylic acids is 1. The first-order chi connectivity index (χ1) is 6.42. The lowest BCUT2D eigenvalue weighted by Crippen LogP contribution is -2.27. The molecule has 4 nitrogen and oxygen atoms in total. The lowest BCUT2D eigenvalue weighted by Gasteiger charge is -2.18. The highest BCUT2D eigenvalue weighted by molar-refractivity contribution is 6.08. The Morgan fingerprint density at radius 3 is 2.71 bits per heavy atom. The summed E-state index contributed by atoms with van der Waals surface area (Å²) in [6.45, 7) is 5.41. The minimum Gasteiger partial charge on any atom is -0.442 e. The van der Waals surface area contributed by atoms with Crippen LogP contribution in [0.25, 0.3) is 0 Å². The van der Waals surface area contributed by atoms with E-state index in [2.05, 4.69) is 5.10 Å². The van der Waals surface area contributed by atoms with E-state index in [1.807, 2.05) is 0 Å². The fraction of sp³-hybridized carbons (Fsp3) is 0.556. The number of carbonyl (C=O) groups is 1. The Hall–Kier alpha value is -1.26. The van der Waals surface area contributed by atoms with Crippen molar-refractivity contribution in [2.24, 2.45) is 0 Å². The van der Waals surface area contributed by atoms with E-state index in [9.17, 15) is 4.79 Å². The van der Waals surface area contributed by atoms with Crippen LogP contribution in [0.1, 0.15) is 26.5 Å². The van der Waals surface area contributed by atoms with Gasteiger partial charge in [-0.1, -0.05) is 0 Å². The van der Waals surface area contributed by atoms with Crippen molar-refractivity contribution in [2.75, 3.05) is 0 Å². The average Bonchev–Trinajstić information content (AvgIpc) is 2.48. The second-order valence-corrected chi connectivity index (χ2v) is 3.94. The molecule has 0 spiro atoms. The molecular formula is C9H13BN2O2. The summed E-state index contributed by atoms with van der Waals surface area (Å²) in [5, 5.41) is 3.93. The number of aromatic nitrogens is 2. The molecule has 0 N–H and O–H groups in total. The lowest BCUT2D eigenvalue weighted by molar-refractivity contribution is 0.0514. The molecule has 14 heavy (non-hydrogen) atoms. The standard InChI is InChI=1S/C9H13BN2O2/c1-9(2,3)14-8(13)12-5-4-7(6-10)11-12/h4-5H,6H2,1-3H3. The van der Waals surface area contributed by atoms with Gasteiger partial charge in [-0.2, -0.15) is 9.78 Å². The number of hydrogen-bond acceptors (Lipinski definition) is 3. The fourth-order valence-electron chi connectivity index (χ4n) is 0.881. The SMILES string of the molecule is [B]Cc1ccn(C(=O)OC(C)(C)C)n1. The highest BCUT2D eigenvalue weighted by atomic mass is 16.6. The van der Waals surface area contributed by atoms with Crippen LogP contribution in [0.3, 0.4) is 0 Å². The van der Waals surface area contributed by atoms with Gasteiger partial charge in [0.2, 0.25) is 0 Å². The first-order valence-electron chi connectivity index (χ1n) is 4.40. The molecule has 0 saturated carbocycles. The van der Waals surface area contributed by atoms with E-state index < -0.39 is 11.7 Å². The molecular weight excluding hydrogens is 179 g/mol. The quantitative estimate of drug-likeness (QED) is 0.630. The van der Waals surface area contributed by atoms with E-state index in [4.69, 9.17) is 12.6 Å². The Morgan fingerprint density at radius 1 is 1.64 bits per heavy atom. The van der Waals surface area contributed by atoms with Crippen molar-refractivity contribution in [3.05, 3.63) is 18.0 Å². The molecule has 2 radical (unpaired) electrons. The van der Waals surface area contributed by atoms with E-state index in [1.165, 1.54) is 6.20 Å². The van der Waals surface area contributed by atoms with Crippen LogP contribution in [0.4, 0.5) is 4.79 Å². The number of ether oxygens (including phenoxy) is 1. The van der Waals surface area contributed by atoms with Gasteiger partial charge in [0.1, 0.15) is 5.60 Å². The molecule has 1 rings (SSSR count). The molecule has 0 amide bonds. The second kappa shape index (κ2) is 3.86. The minimum atomic E-state index is -0.508. The number of hydrogen-bond donors (Lipinski definition) is 0. The maximum absolute atomic E-state index is 11.4. The smallest absolute Gasteiger partial charge is 0.435 e. The minimum absolute atomic E-state index is 0.315. The van der Waals surface area contributed by atoms with Crippen LogP contribution in [0.2, 0.25) is 0 Å². The van der Waals surface area contributed by atoms with Crippen molar-refractivity contribution in [1.82, 2.24) is 9.78 Å². The summed E-state index contributed by atoms with van der Waals surface area (Å²) < 4.78 is 6.25. The Bertz CT molecular complexity index is 328. The molecule has 0 fully saturated rings. The van der Waals surface area contributed by atoms with Crippen LogP contribution in [0.5, 0.6) is 0 Å². The fourth-order valence-corrected chi connectivity index (χ4v) is 0.881. The zero-order chi connectivity index (χ0) is 10.8. The van der Waals surface area contributed by atoms with Gasteiger partial charge < -0.3 is 4.74 Å². The van der Waals surface area contributed by atoms with Crippen LogP contribution < -0.4 is 0 Å². The normalized spacial score (nSPS) is 11.4. The number of rotatable bonds is 1. The van der Waals surface area contributed by atoms with Gasteiger partial charge >= 0.3 is 6.09 Å². The first kappa shape index (κ1) is 10.8.